The minimum atomic E-state index is -1.06. The third-order valence-corrected chi connectivity index (χ3v) is 7.34. The van der Waals surface area contributed by atoms with Crippen molar-refractivity contribution in [2.45, 2.75) is 78.0 Å². The largest absolute Gasteiger partial charge is 0.390 e. The molecule has 1 unspecified atom stereocenters. The molecule has 8 heteroatoms. The first-order valence-corrected chi connectivity index (χ1v) is 14.3. The van der Waals surface area contributed by atoms with Crippen LogP contribution in [0.2, 0.25) is 0 Å². The van der Waals surface area contributed by atoms with Gasteiger partial charge in [-0.3, -0.25) is 19.3 Å². The normalized spacial score (nSPS) is 17.1. The summed E-state index contributed by atoms with van der Waals surface area (Å²) in [5.41, 5.74) is 6.40. The number of aliphatic hydroxyl groups excluding tert-OH is 1. The standard InChI is InChI=1S/C31H46N4O4/c1-20(2)14-25(15-21(3)4)30(38)35(31(39)27-10-7-13-33-27)28(29(37)34-19-26(36)18-32)17-22-11-12-23-8-5-6-9-24(23)16-22/h5-6,8-9,11-12,16,20-21,25-28,33,36H,7,10,13-15,17-19,32H2,1-4H3,(H,34,37)/t26?,27-,28+/m0/s1. The highest BCUT2D eigenvalue weighted by atomic mass is 16.3. The predicted octanol–water partition coefficient (Wildman–Crippen LogP) is 3.00. The van der Waals surface area contributed by atoms with E-state index in [1.165, 1.54) is 4.90 Å². The number of carbonyl (C=O) groups is 3. The van der Waals surface area contributed by atoms with Gasteiger partial charge in [-0.2, -0.15) is 0 Å². The van der Waals surface area contributed by atoms with Crippen LogP contribution in [0, 0.1) is 17.8 Å². The van der Waals surface area contributed by atoms with Crippen LogP contribution in [0.1, 0.15) is 58.9 Å². The van der Waals surface area contributed by atoms with Crippen molar-refractivity contribution < 1.29 is 19.5 Å². The third-order valence-electron chi connectivity index (χ3n) is 7.34. The van der Waals surface area contributed by atoms with Crippen LogP contribution in [0.15, 0.2) is 42.5 Å². The van der Waals surface area contributed by atoms with E-state index in [0.717, 1.165) is 22.8 Å². The molecule has 5 N–H and O–H groups in total. The van der Waals surface area contributed by atoms with Gasteiger partial charge in [0.2, 0.25) is 17.7 Å². The SMILES string of the molecule is CC(C)CC(CC(C)C)C(=O)N(C(=O)[C@@H]1CCCN1)[C@H](Cc1ccc2ccccc2c1)C(=O)NCC(O)CN. The number of amides is 3. The summed E-state index contributed by atoms with van der Waals surface area (Å²) in [6.07, 6.45) is 1.99. The summed E-state index contributed by atoms with van der Waals surface area (Å²) < 4.78 is 0. The van der Waals surface area contributed by atoms with Gasteiger partial charge in [-0.1, -0.05) is 70.2 Å². The van der Waals surface area contributed by atoms with Crippen LogP contribution in [0.25, 0.3) is 10.8 Å². The van der Waals surface area contributed by atoms with Crippen molar-refractivity contribution in [2.75, 3.05) is 19.6 Å². The highest BCUT2D eigenvalue weighted by Crippen LogP contribution is 2.26. The van der Waals surface area contributed by atoms with E-state index in [1.54, 1.807) is 0 Å². The molecule has 3 rings (SSSR count). The number of hydrogen-bond acceptors (Lipinski definition) is 6. The molecular formula is C31H46N4O4. The molecule has 39 heavy (non-hydrogen) atoms. The van der Waals surface area contributed by atoms with Crippen LogP contribution < -0.4 is 16.4 Å². The van der Waals surface area contributed by atoms with E-state index in [9.17, 15) is 19.5 Å². The minimum Gasteiger partial charge on any atom is -0.390 e. The summed E-state index contributed by atoms with van der Waals surface area (Å²) >= 11 is 0. The molecule has 3 atom stereocenters. The number of nitrogens with zero attached hydrogens (tertiary/aromatic N) is 1. The molecule has 1 saturated heterocycles. The van der Waals surface area contributed by atoms with Gasteiger partial charge in [0, 0.05) is 25.4 Å². The van der Waals surface area contributed by atoms with Crippen molar-refractivity contribution in [1.29, 1.82) is 0 Å². The molecule has 3 amide bonds. The maximum Gasteiger partial charge on any atom is 0.247 e. The van der Waals surface area contributed by atoms with Gasteiger partial charge in [0.1, 0.15) is 6.04 Å². The maximum absolute atomic E-state index is 14.3. The Labute approximate surface area is 232 Å². The highest BCUT2D eigenvalue weighted by Gasteiger charge is 2.41. The van der Waals surface area contributed by atoms with Gasteiger partial charge < -0.3 is 21.5 Å². The summed E-state index contributed by atoms with van der Waals surface area (Å²) in [5, 5.41) is 18.1. The number of carbonyl (C=O) groups excluding carboxylic acids is 3. The molecule has 0 radical (unpaired) electrons. The number of rotatable bonds is 13. The Morgan fingerprint density at radius 3 is 2.31 bits per heavy atom. The van der Waals surface area contributed by atoms with Crippen molar-refractivity contribution >= 4 is 28.5 Å². The molecule has 0 saturated carbocycles. The molecule has 1 aliphatic rings. The lowest BCUT2D eigenvalue weighted by Crippen LogP contribution is -2.59. The van der Waals surface area contributed by atoms with Gasteiger partial charge in [0.15, 0.2) is 0 Å². The molecule has 0 aromatic heterocycles. The van der Waals surface area contributed by atoms with Crippen molar-refractivity contribution in [3.8, 4) is 0 Å². The zero-order chi connectivity index (χ0) is 28.5. The van der Waals surface area contributed by atoms with Crippen LogP contribution in [-0.2, 0) is 20.8 Å². The van der Waals surface area contributed by atoms with E-state index < -0.39 is 24.1 Å². The lowest BCUT2D eigenvalue weighted by Gasteiger charge is -2.35. The second kappa shape index (κ2) is 14.5. The molecule has 1 aliphatic heterocycles. The van der Waals surface area contributed by atoms with Gasteiger partial charge in [0.05, 0.1) is 12.1 Å². The molecule has 0 bridgehead atoms. The van der Waals surface area contributed by atoms with Crippen molar-refractivity contribution in [3.63, 3.8) is 0 Å². The molecule has 214 valence electrons. The van der Waals surface area contributed by atoms with E-state index in [-0.39, 0.29) is 49.1 Å². The lowest BCUT2D eigenvalue weighted by molar-refractivity contribution is -0.156. The van der Waals surface area contributed by atoms with Crippen LogP contribution in [0.5, 0.6) is 0 Å². The maximum atomic E-state index is 14.3. The fourth-order valence-corrected chi connectivity index (χ4v) is 5.42. The quantitative estimate of drug-likeness (QED) is 0.311. The van der Waals surface area contributed by atoms with Crippen LogP contribution >= 0.6 is 0 Å². The Morgan fingerprint density at radius 2 is 1.72 bits per heavy atom. The van der Waals surface area contributed by atoms with Gasteiger partial charge in [-0.25, -0.2) is 0 Å². The third kappa shape index (κ3) is 8.59. The first kappa shape index (κ1) is 30.7. The second-order valence-corrected chi connectivity index (χ2v) is 11.7. The average Bonchev–Trinajstić information content (AvgIpc) is 3.45. The lowest BCUT2D eigenvalue weighted by atomic mass is 9.87. The number of imide groups is 1. The fraction of sp³-hybridized carbons (Fsp3) is 0.581. The average molecular weight is 539 g/mol. The highest BCUT2D eigenvalue weighted by molar-refractivity contribution is 6.03. The van der Waals surface area contributed by atoms with Gasteiger partial charge in [0.25, 0.3) is 0 Å². The topological polar surface area (TPSA) is 125 Å². The van der Waals surface area contributed by atoms with E-state index in [4.69, 9.17) is 5.73 Å². The fourth-order valence-electron chi connectivity index (χ4n) is 5.42. The Balaban J connectivity index is 2.04. The van der Waals surface area contributed by atoms with E-state index in [1.807, 2.05) is 42.5 Å². The molecule has 1 fully saturated rings. The van der Waals surface area contributed by atoms with Crippen LogP contribution in [0.4, 0.5) is 0 Å². The summed E-state index contributed by atoms with van der Waals surface area (Å²) in [6.45, 7) is 8.91. The van der Waals surface area contributed by atoms with Crippen molar-refractivity contribution in [2.24, 2.45) is 23.5 Å². The van der Waals surface area contributed by atoms with Gasteiger partial charge in [-0.15, -0.1) is 0 Å². The van der Waals surface area contributed by atoms with Crippen molar-refractivity contribution in [1.82, 2.24) is 15.5 Å². The number of nitrogens with two attached hydrogens (primary N) is 1. The molecule has 8 nitrogen and oxygen atoms in total. The summed E-state index contributed by atoms with van der Waals surface area (Å²) in [5.74, 6) is -0.981. The number of hydrogen-bond donors (Lipinski definition) is 4. The van der Waals surface area contributed by atoms with E-state index in [2.05, 4.69) is 38.3 Å². The Bertz CT molecular complexity index is 1100. The summed E-state index contributed by atoms with van der Waals surface area (Å²) in [7, 11) is 0. The van der Waals surface area contributed by atoms with Crippen LogP contribution in [-0.4, -0.2) is 65.5 Å². The molecule has 0 spiro atoms. The summed E-state index contributed by atoms with van der Waals surface area (Å²) in [4.78, 5) is 43.3. The minimum absolute atomic E-state index is 0.00591. The number of aliphatic hydroxyl groups is 1. The Morgan fingerprint density at radius 1 is 1.05 bits per heavy atom. The predicted molar refractivity (Wildman–Crippen MR) is 155 cm³/mol. The molecule has 1 heterocycles. The van der Waals surface area contributed by atoms with Gasteiger partial charge >= 0.3 is 0 Å². The number of nitrogens with one attached hydrogen (secondary N) is 2. The Kier molecular flexibility index (Phi) is 11.5. The number of benzene rings is 2. The Hall–Kier alpha value is -2.81. The first-order valence-electron chi connectivity index (χ1n) is 14.3. The van der Waals surface area contributed by atoms with E-state index in [0.29, 0.717) is 25.8 Å². The number of fused-ring (bicyclic) bond motifs is 1. The zero-order valence-corrected chi connectivity index (χ0v) is 23.9. The van der Waals surface area contributed by atoms with E-state index >= 15 is 0 Å². The zero-order valence-electron chi connectivity index (χ0n) is 23.9. The second-order valence-electron chi connectivity index (χ2n) is 11.7. The van der Waals surface area contributed by atoms with Crippen molar-refractivity contribution in [3.05, 3.63) is 48.0 Å². The van der Waals surface area contributed by atoms with Gasteiger partial charge in [-0.05, 0) is 60.4 Å². The first-order chi connectivity index (χ1) is 18.6. The summed E-state index contributed by atoms with van der Waals surface area (Å²) in [6, 6.07) is 12.3. The monoisotopic (exact) mass is 538 g/mol. The molecule has 2 aromatic carbocycles. The molecular weight excluding hydrogens is 492 g/mol. The molecule has 2 aromatic rings. The smallest absolute Gasteiger partial charge is 0.247 e. The van der Waals surface area contributed by atoms with Crippen LogP contribution in [0.3, 0.4) is 0 Å². The molecule has 0 aliphatic carbocycles.